The highest BCUT2D eigenvalue weighted by molar-refractivity contribution is 5.92. The Morgan fingerprint density at radius 2 is 1.96 bits per heavy atom. The average Bonchev–Trinajstić information content (AvgIpc) is 3.03. The fourth-order valence-electron chi connectivity index (χ4n) is 1.93. The number of esters is 1. The minimum absolute atomic E-state index is 0.00436. The van der Waals surface area contributed by atoms with Crippen molar-refractivity contribution in [2.75, 3.05) is 27.8 Å². The molecule has 0 radical (unpaired) electrons. The van der Waals surface area contributed by atoms with Crippen LogP contribution in [0.3, 0.4) is 0 Å². The van der Waals surface area contributed by atoms with Crippen LogP contribution in [-0.2, 0) is 15.7 Å². The van der Waals surface area contributed by atoms with E-state index in [0.29, 0.717) is 0 Å². The van der Waals surface area contributed by atoms with Crippen molar-refractivity contribution >= 4 is 11.9 Å². The quantitative estimate of drug-likeness (QED) is 0.753. The van der Waals surface area contributed by atoms with E-state index >= 15 is 0 Å². The zero-order valence-electron chi connectivity index (χ0n) is 14.2. The van der Waals surface area contributed by atoms with E-state index in [4.69, 9.17) is 9.47 Å². The fraction of sp³-hybridized carbons (Fsp3) is 0.312. The molecular formula is C16H16F3N3O4. The van der Waals surface area contributed by atoms with Crippen molar-refractivity contribution in [3.05, 3.63) is 41.7 Å². The highest BCUT2D eigenvalue weighted by Gasteiger charge is 2.31. The maximum Gasteiger partial charge on any atom is 0.416 e. The lowest BCUT2D eigenvalue weighted by Gasteiger charge is -2.10. The van der Waals surface area contributed by atoms with Gasteiger partial charge in [0, 0.05) is 14.1 Å². The van der Waals surface area contributed by atoms with Gasteiger partial charge in [0.1, 0.15) is 0 Å². The SMILES string of the molecule is COc1cn(-c2cccc(C(F)(F)F)c2)nc1C(=O)OCC(=O)N(C)C. The maximum absolute atomic E-state index is 12.8. The number of ether oxygens (including phenoxy) is 2. The van der Waals surface area contributed by atoms with Gasteiger partial charge in [-0.15, -0.1) is 0 Å². The van der Waals surface area contributed by atoms with Crippen LogP contribution in [-0.4, -0.2) is 54.4 Å². The third-order valence-electron chi connectivity index (χ3n) is 3.36. The van der Waals surface area contributed by atoms with E-state index in [-0.39, 0.29) is 17.1 Å². The Bertz CT molecular complexity index is 815. The molecule has 140 valence electrons. The molecule has 0 saturated heterocycles. The van der Waals surface area contributed by atoms with Gasteiger partial charge in [-0.25, -0.2) is 9.48 Å². The fourth-order valence-corrected chi connectivity index (χ4v) is 1.93. The summed E-state index contributed by atoms with van der Waals surface area (Å²) in [5.41, 5.74) is -1.02. The first-order chi connectivity index (χ1) is 12.1. The molecule has 0 atom stereocenters. The monoisotopic (exact) mass is 371 g/mol. The summed E-state index contributed by atoms with van der Waals surface area (Å²) >= 11 is 0. The van der Waals surface area contributed by atoms with Crippen LogP contribution in [0.4, 0.5) is 13.2 Å². The lowest BCUT2D eigenvalue weighted by Crippen LogP contribution is -2.27. The highest BCUT2D eigenvalue weighted by Crippen LogP contribution is 2.30. The lowest BCUT2D eigenvalue weighted by atomic mass is 10.2. The molecule has 0 spiro atoms. The Morgan fingerprint density at radius 1 is 1.27 bits per heavy atom. The Labute approximate surface area is 146 Å². The Balaban J connectivity index is 2.29. The first-order valence-corrected chi connectivity index (χ1v) is 7.32. The first kappa shape index (κ1) is 19.3. The lowest BCUT2D eigenvalue weighted by molar-refractivity contribution is -0.137. The maximum atomic E-state index is 12.8. The molecule has 0 aliphatic heterocycles. The average molecular weight is 371 g/mol. The van der Waals surface area contributed by atoms with Gasteiger partial charge in [-0.05, 0) is 18.2 Å². The van der Waals surface area contributed by atoms with Crippen molar-refractivity contribution in [3.63, 3.8) is 0 Å². The van der Waals surface area contributed by atoms with E-state index in [1.165, 1.54) is 44.4 Å². The molecule has 1 aromatic heterocycles. The van der Waals surface area contributed by atoms with Crippen molar-refractivity contribution in [3.8, 4) is 11.4 Å². The molecule has 0 saturated carbocycles. The minimum atomic E-state index is -4.51. The third-order valence-corrected chi connectivity index (χ3v) is 3.36. The van der Waals surface area contributed by atoms with E-state index in [9.17, 15) is 22.8 Å². The minimum Gasteiger partial charge on any atom is -0.493 e. The molecule has 1 aromatic carbocycles. The second-order valence-electron chi connectivity index (χ2n) is 5.40. The van der Waals surface area contributed by atoms with E-state index in [2.05, 4.69) is 5.10 Å². The number of benzene rings is 1. The van der Waals surface area contributed by atoms with Gasteiger partial charge >= 0.3 is 12.1 Å². The number of amides is 1. The summed E-state index contributed by atoms with van der Waals surface area (Å²) in [4.78, 5) is 24.8. The number of hydrogen-bond acceptors (Lipinski definition) is 5. The summed E-state index contributed by atoms with van der Waals surface area (Å²) in [7, 11) is 4.27. The molecule has 26 heavy (non-hydrogen) atoms. The van der Waals surface area contributed by atoms with Crippen molar-refractivity contribution in [2.45, 2.75) is 6.18 Å². The molecule has 0 aliphatic rings. The van der Waals surface area contributed by atoms with Crippen LogP contribution < -0.4 is 4.74 Å². The van der Waals surface area contributed by atoms with Crippen LogP contribution in [0.25, 0.3) is 5.69 Å². The number of alkyl halides is 3. The van der Waals surface area contributed by atoms with Gasteiger partial charge in [-0.1, -0.05) is 6.07 Å². The molecule has 2 rings (SSSR count). The summed E-state index contributed by atoms with van der Waals surface area (Å²) in [6.45, 7) is -0.495. The van der Waals surface area contributed by atoms with Crippen molar-refractivity contribution in [2.24, 2.45) is 0 Å². The molecule has 0 bridgehead atoms. The number of methoxy groups -OCH3 is 1. The molecule has 2 aromatic rings. The summed E-state index contributed by atoms with van der Waals surface area (Å²) in [5.74, 6) is -1.36. The van der Waals surface area contributed by atoms with Gasteiger partial charge in [0.05, 0.1) is 24.6 Å². The molecule has 0 unspecified atom stereocenters. The smallest absolute Gasteiger partial charge is 0.416 e. The van der Waals surface area contributed by atoms with Gasteiger partial charge in [-0.2, -0.15) is 18.3 Å². The number of carbonyl (C=O) groups is 2. The molecule has 10 heteroatoms. The summed E-state index contributed by atoms with van der Waals surface area (Å²) in [5, 5.41) is 3.92. The van der Waals surface area contributed by atoms with Gasteiger partial charge in [-0.3, -0.25) is 4.79 Å². The van der Waals surface area contributed by atoms with Crippen LogP contribution in [0.15, 0.2) is 30.5 Å². The molecule has 0 fully saturated rings. The number of likely N-dealkylation sites (N-methyl/N-ethyl adjacent to an activating group) is 1. The van der Waals surface area contributed by atoms with E-state index in [0.717, 1.165) is 16.8 Å². The Hall–Kier alpha value is -3.04. The summed E-state index contributed by atoms with van der Waals surface area (Å²) in [6.07, 6.45) is -3.26. The standard InChI is InChI=1S/C16H16F3N3O4/c1-21(2)13(23)9-26-15(24)14-12(25-3)8-22(20-14)11-6-4-5-10(7-11)16(17,18)19/h4-8H,9H2,1-3H3. The number of rotatable bonds is 5. The normalized spacial score (nSPS) is 11.2. The van der Waals surface area contributed by atoms with Gasteiger partial charge in [0.15, 0.2) is 12.4 Å². The van der Waals surface area contributed by atoms with E-state index in [1.54, 1.807) is 0 Å². The van der Waals surface area contributed by atoms with Crippen LogP contribution in [0, 0.1) is 0 Å². The topological polar surface area (TPSA) is 73.7 Å². The number of carbonyl (C=O) groups excluding carboxylic acids is 2. The van der Waals surface area contributed by atoms with Crippen LogP contribution in [0.1, 0.15) is 16.1 Å². The molecule has 0 aliphatic carbocycles. The van der Waals surface area contributed by atoms with Crippen LogP contribution in [0.2, 0.25) is 0 Å². The predicted molar refractivity (Wildman–Crippen MR) is 84.1 cm³/mol. The van der Waals surface area contributed by atoms with Crippen LogP contribution >= 0.6 is 0 Å². The predicted octanol–water partition coefficient (Wildman–Crippen LogP) is 2.14. The second-order valence-corrected chi connectivity index (χ2v) is 5.40. The van der Waals surface area contributed by atoms with Crippen molar-refractivity contribution in [1.82, 2.24) is 14.7 Å². The number of nitrogens with zero attached hydrogens (tertiary/aromatic N) is 3. The largest absolute Gasteiger partial charge is 0.493 e. The Kier molecular flexibility index (Phi) is 5.53. The summed E-state index contributed by atoms with van der Waals surface area (Å²) in [6, 6.07) is 4.43. The Morgan fingerprint density at radius 3 is 2.54 bits per heavy atom. The first-order valence-electron chi connectivity index (χ1n) is 7.32. The van der Waals surface area contributed by atoms with Gasteiger partial charge in [0.25, 0.3) is 5.91 Å². The van der Waals surface area contributed by atoms with E-state index in [1.807, 2.05) is 0 Å². The van der Waals surface area contributed by atoms with Crippen LogP contribution in [0.5, 0.6) is 5.75 Å². The summed E-state index contributed by atoms with van der Waals surface area (Å²) < 4.78 is 49.5. The number of halogens is 3. The zero-order chi connectivity index (χ0) is 19.5. The molecule has 1 amide bonds. The third kappa shape index (κ3) is 4.32. The van der Waals surface area contributed by atoms with Crippen molar-refractivity contribution in [1.29, 1.82) is 0 Å². The molecule has 0 N–H and O–H groups in total. The van der Waals surface area contributed by atoms with Gasteiger partial charge < -0.3 is 14.4 Å². The number of aromatic nitrogens is 2. The second kappa shape index (κ2) is 7.46. The zero-order valence-corrected chi connectivity index (χ0v) is 14.2. The molecular weight excluding hydrogens is 355 g/mol. The highest BCUT2D eigenvalue weighted by atomic mass is 19.4. The molecule has 7 nitrogen and oxygen atoms in total. The van der Waals surface area contributed by atoms with Crippen molar-refractivity contribution < 1.29 is 32.2 Å². The molecule has 1 heterocycles. The van der Waals surface area contributed by atoms with E-state index < -0.39 is 30.2 Å². The number of hydrogen-bond donors (Lipinski definition) is 0. The van der Waals surface area contributed by atoms with Gasteiger partial charge in [0.2, 0.25) is 5.69 Å².